The predicted molar refractivity (Wildman–Crippen MR) is 226 cm³/mol. The van der Waals surface area contributed by atoms with Crippen LogP contribution in [0.15, 0.2) is 109 Å². The molecule has 0 spiro atoms. The Morgan fingerprint density at radius 1 is 0.500 bits per heavy atom. The van der Waals surface area contributed by atoms with E-state index < -0.39 is 0 Å². The highest BCUT2D eigenvalue weighted by atomic mass is 16.5. The number of unbranched alkanes of at least 4 members (excludes halogenated alkanes) is 6. The predicted octanol–water partition coefficient (Wildman–Crippen LogP) is 11.7. The first-order chi connectivity index (χ1) is 27.1. The molecule has 0 heterocycles. The highest BCUT2D eigenvalue weighted by molar-refractivity contribution is 5.86. The summed E-state index contributed by atoms with van der Waals surface area (Å²) in [6, 6.07) is 32.3. The number of carbonyl (C=O) groups is 2. The summed E-state index contributed by atoms with van der Waals surface area (Å²) in [5, 5.41) is 0. The van der Waals surface area contributed by atoms with Gasteiger partial charge in [-0.25, -0.2) is 4.79 Å². The highest BCUT2D eigenvalue weighted by Gasteiger charge is 2.26. The van der Waals surface area contributed by atoms with Crippen LogP contribution in [-0.2, 0) is 19.1 Å². The lowest BCUT2D eigenvalue weighted by molar-refractivity contribution is -0.154. The molecule has 0 unspecified atom stereocenters. The first-order valence-electron chi connectivity index (χ1n) is 19.8. The minimum absolute atomic E-state index is 0.0959. The Morgan fingerprint density at radius 3 is 1.14 bits per heavy atom. The Hall–Kier alpha value is -5.24. The van der Waals surface area contributed by atoms with E-state index in [1.165, 1.54) is 0 Å². The fraction of sp³-hybridized carbons (Fsp3) is 0.417. The van der Waals surface area contributed by atoms with E-state index in [0.717, 1.165) is 103 Å². The van der Waals surface area contributed by atoms with Gasteiger partial charge in [-0.2, -0.15) is 0 Å². The fourth-order valence-corrected chi connectivity index (χ4v) is 5.34. The van der Waals surface area contributed by atoms with Crippen molar-refractivity contribution in [1.29, 1.82) is 0 Å². The van der Waals surface area contributed by atoms with Crippen LogP contribution in [0.5, 0.6) is 23.0 Å². The monoisotopic (exact) mass is 766 g/mol. The van der Waals surface area contributed by atoms with Crippen LogP contribution < -0.4 is 18.9 Å². The zero-order valence-corrected chi connectivity index (χ0v) is 34.4. The molecule has 302 valence electrons. The molecule has 0 saturated heterocycles. The maximum atomic E-state index is 11.9. The Labute approximate surface area is 335 Å². The first-order valence-corrected chi connectivity index (χ1v) is 19.8. The maximum absolute atomic E-state index is 11.9. The molecule has 56 heavy (non-hydrogen) atoms. The highest BCUT2D eigenvalue weighted by Crippen LogP contribution is 2.26. The molecule has 4 aromatic carbocycles. The lowest BCUT2D eigenvalue weighted by Crippen LogP contribution is -2.26. The van der Waals surface area contributed by atoms with Crippen LogP contribution in [0.1, 0.15) is 85.5 Å². The third-order valence-electron chi connectivity index (χ3n) is 9.42. The molecule has 0 aromatic heterocycles. The van der Waals surface area contributed by atoms with Crippen molar-refractivity contribution in [3.05, 3.63) is 109 Å². The lowest BCUT2D eigenvalue weighted by Gasteiger charge is -2.20. The van der Waals surface area contributed by atoms with Crippen LogP contribution in [0.2, 0.25) is 0 Å². The van der Waals surface area contributed by atoms with Crippen molar-refractivity contribution < 1.29 is 38.0 Å². The van der Waals surface area contributed by atoms with Crippen LogP contribution in [-0.4, -0.2) is 52.6 Å². The van der Waals surface area contributed by atoms with Crippen molar-refractivity contribution in [3.8, 4) is 45.3 Å². The molecule has 0 bridgehead atoms. The molecule has 0 aliphatic rings. The molecular weight excluding hydrogens is 705 g/mol. The number of carbonyl (C=O) groups excluding carboxylic acids is 2. The summed E-state index contributed by atoms with van der Waals surface area (Å²) < 4.78 is 32.4. The van der Waals surface area contributed by atoms with Gasteiger partial charge in [0.15, 0.2) is 0 Å². The molecule has 4 rings (SSSR count). The van der Waals surface area contributed by atoms with Crippen molar-refractivity contribution >= 4 is 11.9 Å². The van der Waals surface area contributed by atoms with Gasteiger partial charge in [-0.05, 0) is 149 Å². The first kappa shape index (κ1) is 45.2. The summed E-state index contributed by atoms with van der Waals surface area (Å²) >= 11 is 0. The molecule has 0 N–H and O–H groups in total. The van der Waals surface area contributed by atoms with Gasteiger partial charge >= 0.3 is 11.9 Å². The smallest absolute Gasteiger partial charge is 0.333 e. The van der Waals surface area contributed by atoms with Crippen molar-refractivity contribution in [2.75, 3.05) is 40.6 Å². The number of methoxy groups -OCH3 is 2. The quantitative estimate of drug-likeness (QED) is 0.0419. The number of hydrogen-bond donors (Lipinski definition) is 0. The van der Waals surface area contributed by atoms with Crippen molar-refractivity contribution in [2.24, 2.45) is 5.41 Å². The van der Waals surface area contributed by atoms with E-state index in [0.29, 0.717) is 32.0 Å². The topological polar surface area (TPSA) is 89.5 Å². The summed E-state index contributed by atoms with van der Waals surface area (Å²) in [5.41, 5.74) is 4.67. The summed E-state index contributed by atoms with van der Waals surface area (Å²) in [4.78, 5) is 23.1. The average Bonchev–Trinajstić information content (AvgIpc) is 3.23. The molecule has 0 amide bonds. The molecule has 0 atom stereocenters. The molecule has 4 aromatic rings. The Bertz CT molecular complexity index is 1710. The van der Waals surface area contributed by atoms with E-state index in [1.807, 2.05) is 81.4 Å². The van der Waals surface area contributed by atoms with Gasteiger partial charge in [-0.3, -0.25) is 4.79 Å². The third kappa shape index (κ3) is 16.6. The van der Waals surface area contributed by atoms with Crippen molar-refractivity contribution in [3.63, 3.8) is 0 Å². The second kappa shape index (κ2) is 25.0. The molecule has 0 aliphatic heterocycles. The largest absolute Gasteiger partial charge is 0.497 e. The van der Waals surface area contributed by atoms with Crippen LogP contribution in [0.4, 0.5) is 0 Å². The van der Waals surface area contributed by atoms with E-state index in [9.17, 15) is 9.59 Å². The SMILES string of the molecule is C=C(C)C(=O)OCCCCCCOc1ccc(-c2ccc(OC)cc2)cc1.CCC(C)(C)C(=O)OCCCCCCOc1ccc(-c2ccc(OC)cc2)cc1. The molecular formula is C48H62O8. The van der Waals surface area contributed by atoms with Crippen LogP contribution in [0.3, 0.4) is 0 Å². The number of rotatable bonds is 23. The van der Waals surface area contributed by atoms with Crippen molar-refractivity contribution in [1.82, 2.24) is 0 Å². The molecule has 8 heteroatoms. The maximum Gasteiger partial charge on any atom is 0.333 e. The van der Waals surface area contributed by atoms with Gasteiger partial charge in [-0.1, -0.05) is 62.0 Å². The lowest BCUT2D eigenvalue weighted by atomic mass is 9.91. The van der Waals surface area contributed by atoms with Gasteiger partial charge in [0.25, 0.3) is 0 Å². The van der Waals surface area contributed by atoms with E-state index in [4.69, 9.17) is 28.4 Å². The zero-order valence-electron chi connectivity index (χ0n) is 34.4. The van der Waals surface area contributed by atoms with E-state index >= 15 is 0 Å². The molecule has 8 nitrogen and oxygen atoms in total. The minimum Gasteiger partial charge on any atom is -0.497 e. The van der Waals surface area contributed by atoms with Crippen LogP contribution in [0, 0.1) is 5.41 Å². The summed E-state index contributed by atoms with van der Waals surface area (Å²) in [5.74, 6) is 3.07. The Morgan fingerprint density at radius 2 is 0.821 bits per heavy atom. The average molecular weight is 767 g/mol. The minimum atomic E-state index is -0.378. The Balaban J connectivity index is 0.000000301. The summed E-state index contributed by atoms with van der Waals surface area (Å²) in [7, 11) is 3.34. The molecule has 0 saturated carbocycles. The van der Waals surface area contributed by atoms with Gasteiger partial charge in [-0.15, -0.1) is 0 Å². The molecule has 0 fully saturated rings. The second-order valence-corrected chi connectivity index (χ2v) is 14.3. The number of ether oxygens (including phenoxy) is 6. The van der Waals surface area contributed by atoms with Gasteiger partial charge in [0.05, 0.1) is 46.1 Å². The zero-order chi connectivity index (χ0) is 40.6. The molecule has 0 aliphatic carbocycles. The van der Waals surface area contributed by atoms with E-state index in [2.05, 4.69) is 43.0 Å². The van der Waals surface area contributed by atoms with Gasteiger partial charge in [0, 0.05) is 5.57 Å². The third-order valence-corrected chi connectivity index (χ3v) is 9.42. The summed E-state index contributed by atoms with van der Waals surface area (Å²) in [6.07, 6.45) is 8.72. The van der Waals surface area contributed by atoms with E-state index in [-0.39, 0.29) is 17.4 Å². The standard InChI is InChI=1S/C25H34O4.C23H28O4/c1-5-25(2,3)24(26)29-19-9-7-6-8-18-28-23-16-12-21(13-17-23)20-10-14-22(27-4)15-11-20;1-18(2)23(24)27-17-7-5-4-6-16-26-22-14-10-20(11-15-22)19-8-12-21(25-3)13-9-19/h10-17H,5-9,18-19H2,1-4H3;8-15H,1,4-7,16-17H2,2-3H3. The normalized spacial score (nSPS) is 10.8. The van der Waals surface area contributed by atoms with Gasteiger partial charge < -0.3 is 28.4 Å². The fourth-order valence-electron chi connectivity index (χ4n) is 5.34. The number of benzene rings is 4. The second-order valence-electron chi connectivity index (χ2n) is 14.3. The summed E-state index contributed by atoms with van der Waals surface area (Å²) in [6.45, 7) is 13.4. The van der Waals surface area contributed by atoms with Crippen LogP contribution in [0.25, 0.3) is 22.3 Å². The van der Waals surface area contributed by atoms with E-state index in [1.54, 1.807) is 21.1 Å². The van der Waals surface area contributed by atoms with Gasteiger partial charge in [0.1, 0.15) is 23.0 Å². The van der Waals surface area contributed by atoms with Crippen LogP contribution >= 0.6 is 0 Å². The van der Waals surface area contributed by atoms with Gasteiger partial charge in [0.2, 0.25) is 0 Å². The van der Waals surface area contributed by atoms with Crippen molar-refractivity contribution in [2.45, 2.75) is 85.5 Å². The Kier molecular flexibility index (Phi) is 20.2. The molecule has 0 radical (unpaired) electrons. The number of esters is 2. The number of hydrogen-bond acceptors (Lipinski definition) is 8.